The third-order valence-electron chi connectivity index (χ3n) is 4.74. The number of aliphatic imine (C=N–C) groups is 1. The van der Waals surface area contributed by atoms with Crippen LogP contribution in [0.1, 0.15) is 30.7 Å². The molecule has 1 aliphatic rings. The number of hydrogen-bond acceptors (Lipinski definition) is 5. The van der Waals surface area contributed by atoms with Crippen LogP contribution in [0.5, 0.6) is 5.75 Å². The largest absolute Gasteiger partial charge is 0.495 e. The van der Waals surface area contributed by atoms with Crippen molar-refractivity contribution in [2.75, 3.05) is 31.6 Å². The first-order chi connectivity index (χ1) is 13.1. The molecule has 1 saturated heterocycles. The minimum Gasteiger partial charge on any atom is -0.495 e. The lowest BCUT2D eigenvalue weighted by molar-refractivity contribution is 0.415. The molecule has 0 bridgehead atoms. The maximum Gasteiger partial charge on any atom is 0.216 e. The first-order valence-electron chi connectivity index (χ1n) is 9.46. The van der Waals surface area contributed by atoms with Crippen LogP contribution < -0.4 is 20.3 Å². The highest BCUT2D eigenvalue weighted by Gasteiger charge is 2.25. The van der Waals surface area contributed by atoms with Crippen LogP contribution >= 0.6 is 24.0 Å². The lowest BCUT2D eigenvalue weighted by Gasteiger charge is -2.22. The Morgan fingerprint density at radius 2 is 2.14 bits per heavy atom. The van der Waals surface area contributed by atoms with Gasteiger partial charge < -0.3 is 24.7 Å². The minimum atomic E-state index is 0. The van der Waals surface area contributed by atoms with E-state index in [0.717, 1.165) is 54.9 Å². The Morgan fingerprint density at radius 3 is 2.82 bits per heavy atom. The van der Waals surface area contributed by atoms with Gasteiger partial charge in [0.1, 0.15) is 18.1 Å². The smallest absolute Gasteiger partial charge is 0.216 e. The van der Waals surface area contributed by atoms with Gasteiger partial charge in [0.25, 0.3) is 0 Å². The molecule has 3 rings (SSSR count). The molecule has 0 aliphatic carbocycles. The van der Waals surface area contributed by atoms with Crippen molar-refractivity contribution in [1.29, 1.82) is 0 Å². The van der Waals surface area contributed by atoms with Crippen molar-refractivity contribution in [2.24, 2.45) is 4.99 Å². The number of anilines is 1. The molecule has 1 unspecified atom stereocenters. The molecule has 0 saturated carbocycles. The molecule has 154 valence electrons. The number of aromatic nitrogens is 1. The predicted molar refractivity (Wildman–Crippen MR) is 123 cm³/mol. The van der Waals surface area contributed by atoms with Crippen molar-refractivity contribution in [3.8, 4) is 5.75 Å². The van der Waals surface area contributed by atoms with Crippen molar-refractivity contribution >= 4 is 35.6 Å². The van der Waals surface area contributed by atoms with E-state index < -0.39 is 0 Å². The van der Waals surface area contributed by atoms with E-state index in [1.54, 1.807) is 7.11 Å². The van der Waals surface area contributed by atoms with Crippen LogP contribution in [0.2, 0.25) is 0 Å². The highest BCUT2D eigenvalue weighted by molar-refractivity contribution is 14.0. The van der Waals surface area contributed by atoms with E-state index in [9.17, 15) is 0 Å². The number of para-hydroxylation sites is 2. The van der Waals surface area contributed by atoms with Gasteiger partial charge in [0.15, 0.2) is 5.96 Å². The lowest BCUT2D eigenvalue weighted by atomic mass is 10.2. The van der Waals surface area contributed by atoms with Gasteiger partial charge >= 0.3 is 0 Å². The maximum absolute atomic E-state index is 5.62. The molecule has 0 amide bonds. The van der Waals surface area contributed by atoms with Crippen LogP contribution in [0, 0.1) is 13.8 Å². The van der Waals surface area contributed by atoms with Crippen LogP contribution in [-0.2, 0) is 6.54 Å². The molecule has 1 fully saturated rings. The van der Waals surface area contributed by atoms with Gasteiger partial charge in [0.2, 0.25) is 5.89 Å². The molecule has 1 atom stereocenters. The molecule has 2 aromatic rings. The number of oxazole rings is 1. The molecule has 1 aromatic carbocycles. The molecule has 0 spiro atoms. The van der Waals surface area contributed by atoms with Gasteiger partial charge in [-0.05, 0) is 39.3 Å². The number of guanidine groups is 1. The number of nitrogens with one attached hydrogen (secondary N) is 2. The zero-order valence-corrected chi connectivity index (χ0v) is 19.3. The van der Waals surface area contributed by atoms with Gasteiger partial charge in [0, 0.05) is 25.7 Å². The Hall–Kier alpha value is -1.97. The second-order valence-electron chi connectivity index (χ2n) is 6.69. The van der Waals surface area contributed by atoms with E-state index >= 15 is 0 Å². The summed E-state index contributed by atoms with van der Waals surface area (Å²) in [5.74, 6) is 3.19. The highest BCUT2D eigenvalue weighted by atomic mass is 127. The van der Waals surface area contributed by atoms with Crippen LogP contribution in [-0.4, -0.2) is 43.7 Å². The van der Waals surface area contributed by atoms with E-state index in [4.69, 9.17) is 9.15 Å². The molecular weight excluding hydrogens is 469 g/mol. The SMILES string of the molecule is CCNC(=NCc1nc(C)c(C)o1)NC1CCN(c2ccccc2OC)C1.I. The average Bonchev–Trinajstić information content (AvgIpc) is 3.26. The molecule has 1 aliphatic heterocycles. The van der Waals surface area contributed by atoms with E-state index in [1.807, 2.05) is 32.0 Å². The van der Waals surface area contributed by atoms with Crippen LogP contribution in [0.3, 0.4) is 0 Å². The summed E-state index contributed by atoms with van der Waals surface area (Å²) >= 11 is 0. The van der Waals surface area contributed by atoms with E-state index in [0.29, 0.717) is 18.5 Å². The van der Waals surface area contributed by atoms with Crippen molar-refractivity contribution < 1.29 is 9.15 Å². The number of aryl methyl sites for hydroxylation is 2. The average molecular weight is 499 g/mol. The number of benzene rings is 1. The Kier molecular flexibility index (Phi) is 8.40. The summed E-state index contributed by atoms with van der Waals surface area (Å²) in [5.41, 5.74) is 2.05. The summed E-state index contributed by atoms with van der Waals surface area (Å²) in [5, 5.41) is 6.84. The topological polar surface area (TPSA) is 74.9 Å². The van der Waals surface area contributed by atoms with Crippen LogP contribution in [0.15, 0.2) is 33.7 Å². The summed E-state index contributed by atoms with van der Waals surface area (Å²) in [7, 11) is 1.71. The summed E-state index contributed by atoms with van der Waals surface area (Å²) in [6.45, 7) is 9.04. The molecule has 0 radical (unpaired) electrons. The van der Waals surface area contributed by atoms with E-state index in [-0.39, 0.29) is 24.0 Å². The first-order valence-corrected chi connectivity index (χ1v) is 9.46. The highest BCUT2D eigenvalue weighted by Crippen LogP contribution is 2.30. The number of halogens is 1. The second kappa shape index (κ2) is 10.5. The van der Waals surface area contributed by atoms with Gasteiger partial charge in [-0.15, -0.1) is 24.0 Å². The number of methoxy groups -OCH3 is 1. The fourth-order valence-corrected chi connectivity index (χ4v) is 3.25. The Balaban J connectivity index is 0.00000280. The predicted octanol–water partition coefficient (Wildman–Crippen LogP) is 3.25. The molecule has 2 N–H and O–H groups in total. The van der Waals surface area contributed by atoms with Crippen molar-refractivity contribution in [1.82, 2.24) is 15.6 Å². The van der Waals surface area contributed by atoms with Gasteiger partial charge in [-0.3, -0.25) is 0 Å². The number of rotatable bonds is 6. The fraction of sp³-hybridized carbons (Fsp3) is 0.500. The number of nitrogens with zero attached hydrogens (tertiary/aromatic N) is 3. The van der Waals surface area contributed by atoms with Gasteiger partial charge in [0.05, 0.1) is 18.5 Å². The molecular formula is C20H30IN5O2. The molecule has 2 heterocycles. The Labute approximate surface area is 184 Å². The van der Waals surface area contributed by atoms with E-state index in [1.165, 1.54) is 0 Å². The van der Waals surface area contributed by atoms with Crippen molar-refractivity contribution in [2.45, 2.75) is 39.8 Å². The number of ether oxygens (including phenoxy) is 1. The molecule has 28 heavy (non-hydrogen) atoms. The fourth-order valence-electron chi connectivity index (χ4n) is 3.25. The third-order valence-corrected chi connectivity index (χ3v) is 4.74. The van der Waals surface area contributed by atoms with Crippen LogP contribution in [0.25, 0.3) is 0 Å². The maximum atomic E-state index is 5.62. The second-order valence-corrected chi connectivity index (χ2v) is 6.69. The summed E-state index contributed by atoms with van der Waals surface area (Å²) in [6.07, 6.45) is 1.04. The van der Waals surface area contributed by atoms with Crippen molar-refractivity contribution in [3.63, 3.8) is 0 Å². The Morgan fingerprint density at radius 1 is 1.36 bits per heavy atom. The third kappa shape index (κ3) is 5.52. The summed E-state index contributed by atoms with van der Waals surface area (Å²) in [4.78, 5) is 11.4. The molecule has 1 aromatic heterocycles. The zero-order valence-electron chi connectivity index (χ0n) is 17.0. The number of hydrogen-bond donors (Lipinski definition) is 2. The summed E-state index contributed by atoms with van der Waals surface area (Å²) in [6, 6.07) is 8.47. The van der Waals surface area contributed by atoms with Gasteiger partial charge in [-0.2, -0.15) is 0 Å². The van der Waals surface area contributed by atoms with Gasteiger partial charge in [-0.25, -0.2) is 9.98 Å². The lowest BCUT2D eigenvalue weighted by Crippen LogP contribution is -2.44. The standard InChI is InChI=1S/C20H29N5O2.HI/c1-5-21-20(22-12-19-23-14(2)15(3)27-19)24-16-10-11-25(13-16)17-8-6-7-9-18(17)26-4;/h6-9,16H,5,10-13H2,1-4H3,(H2,21,22,24);1H. The van der Waals surface area contributed by atoms with Crippen LogP contribution in [0.4, 0.5) is 5.69 Å². The Bertz CT molecular complexity index is 773. The van der Waals surface area contributed by atoms with Gasteiger partial charge in [-0.1, -0.05) is 12.1 Å². The van der Waals surface area contributed by atoms with E-state index in [2.05, 4.69) is 38.5 Å². The first kappa shape index (κ1) is 22.3. The minimum absolute atomic E-state index is 0. The van der Waals surface area contributed by atoms with Crippen molar-refractivity contribution in [3.05, 3.63) is 41.6 Å². The monoisotopic (exact) mass is 499 g/mol. The molecule has 7 nitrogen and oxygen atoms in total. The summed E-state index contributed by atoms with van der Waals surface area (Å²) < 4.78 is 11.1. The zero-order chi connectivity index (χ0) is 19.2. The molecule has 8 heteroatoms. The normalized spacial score (nSPS) is 16.6. The quantitative estimate of drug-likeness (QED) is 0.361.